The topological polar surface area (TPSA) is 170 Å². The number of aliphatic carboxylic acids is 3. The molecule has 0 bridgehead atoms. The second-order valence-electron chi connectivity index (χ2n) is 2.90. The van der Waals surface area contributed by atoms with E-state index < -0.39 is 44.3 Å². The first kappa shape index (κ1) is 34.8. The number of carboxylic acids is 3. The molecule has 98 valence electrons. The van der Waals surface area contributed by atoms with E-state index in [1.807, 2.05) is 0 Å². The summed E-state index contributed by atoms with van der Waals surface area (Å²) in [5, 5.41) is 30.9. The average molecular weight is 362 g/mol. The largest absolute Gasteiger partial charge is 1.00 e. The van der Waals surface area contributed by atoms with E-state index in [0.717, 1.165) is 0 Å². The van der Waals surface area contributed by atoms with Crippen LogP contribution >= 0.6 is 7.91 Å². The monoisotopic (exact) mass is 362 g/mol. The maximum absolute atomic E-state index is 12.2. The molecule has 21 heavy (non-hydrogen) atoms. The van der Waals surface area contributed by atoms with Crippen molar-refractivity contribution in [2.45, 2.75) is 18.4 Å². The summed E-state index contributed by atoms with van der Waals surface area (Å²) in [5.41, 5.74) is -3.44. The Morgan fingerprint density at radius 3 is 1.38 bits per heavy atom. The molecule has 0 fully saturated rings. The molecule has 15 heteroatoms. The van der Waals surface area contributed by atoms with E-state index in [1.54, 1.807) is 0 Å². The molecule has 0 amide bonds. The summed E-state index contributed by atoms with van der Waals surface area (Å²) in [4.78, 5) is 41.0. The fourth-order valence-corrected chi connectivity index (χ4v) is 1.60. The van der Waals surface area contributed by atoms with Gasteiger partial charge in [-0.25, -0.2) is 0 Å². The minimum atomic E-state index is -6.21. The third kappa shape index (κ3) is 15.7. The number of carbonyl (C=O) groups is 3. The normalized spacial score (nSPS) is 12.1. The number of carbonyl (C=O) groups excluding carboxylic acids is 3. The Hall–Kier alpha value is 2.49. The first-order valence-corrected chi connectivity index (χ1v) is 5.24. The van der Waals surface area contributed by atoms with E-state index in [1.165, 1.54) is 0 Å². The SMILES string of the molecule is O=C([O-])CC(CC(=O)[O-])(OP(=O)([O-])F)C(=O)[O-].[Na+].[Na+].[Na+].[Na+]. The van der Waals surface area contributed by atoms with Gasteiger partial charge in [-0.3, -0.25) is 4.57 Å². The van der Waals surface area contributed by atoms with Crippen LogP contribution in [-0.4, -0.2) is 23.5 Å². The molecular formula is C6H4FNa4O9P. The van der Waals surface area contributed by atoms with Crippen LogP contribution in [0.3, 0.4) is 0 Å². The van der Waals surface area contributed by atoms with Crippen LogP contribution in [0.25, 0.3) is 0 Å². The molecule has 0 radical (unpaired) electrons. The Labute approximate surface area is 207 Å². The van der Waals surface area contributed by atoms with Gasteiger partial charge in [0.1, 0.15) is 5.60 Å². The van der Waals surface area contributed by atoms with E-state index in [0.29, 0.717) is 0 Å². The molecule has 1 unspecified atom stereocenters. The molecule has 0 rings (SSSR count). The van der Waals surface area contributed by atoms with Gasteiger partial charge < -0.3 is 39.1 Å². The predicted octanol–water partition coefficient (Wildman–Crippen LogP) is -16.8. The second-order valence-corrected chi connectivity index (χ2v) is 3.95. The Balaban J connectivity index is -0.000000213. The van der Waals surface area contributed by atoms with Crippen LogP contribution in [0.2, 0.25) is 0 Å². The fraction of sp³-hybridized carbons (Fsp3) is 0.500. The van der Waals surface area contributed by atoms with Crippen molar-refractivity contribution >= 4 is 25.8 Å². The molecule has 0 aromatic heterocycles. The van der Waals surface area contributed by atoms with Crippen molar-refractivity contribution in [3.05, 3.63) is 0 Å². The zero-order chi connectivity index (χ0) is 13.9. The van der Waals surface area contributed by atoms with E-state index in [9.17, 15) is 43.4 Å². The molecule has 0 aliphatic heterocycles. The quantitative estimate of drug-likeness (QED) is 0.315. The molecule has 0 aliphatic carbocycles. The van der Waals surface area contributed by atoms with Gasteiger partial charge in [0.2, 0.25) is 0 Å². The number of carboxylic acid groups (broad SMARTS) is 3. The van der Waals surface area contributed by atoms with Crippen molar-refractivity contribution in [1.29, 1.82) is 0 Å². The van der Waals surface area contributed by atoms with Crippen LogP contribution in [0.1, 0.15) is 12.8 Å². The first-order chi connectivity index (χ1) is 7.48. The fourth-order valence-electron chi connectivity index (χ4n) is 0.984. The molecule has 0 saturated carbocycles. The molecule has 1 atom stereocenters. The van der Waals surface area contributed by atoms with Gasteiger partial charge in [0, 0.05) is 24.8 Å². The third-order valence-electron chi connectivity index (χ3n) is 1.52. The molecule has 0 heterocycles. The first-order valence-electron chi connectivity index (χ1n) is 3.81. The van der Waals surface area contributed by atoms with Crippen molar-refractivity contribution in [1.82, 2.24) is 0 Å². The van der Waals surface area contributed by atoms with Gasteiger partial charge in [0.25, 0.3) is 0 Å². The van der Waals surface area contributed by atoms with Crippen LogP contribution in [-0.2, 0) is 23.5 Å². The maximum atomic E-state index is 12.2. The smallest absolute Gasteiger partial charge is 0.753 e. The van der Waals surface area contributed by atoms with Crippen molar-refractivity contribution in [2.24, 2.45) is 0 Å². The minimum absolute atomic E-state index is 0. The summed E-state index contributed by atoms with van der Waals surface area (Å²) < 4.78 is 25.7. The Kier molecular flexibility index (Phi) is 24.5. The Morgan fingerprint density at radius 2 is 1.24 bits per heavy atom. The predicted molar refractivity (Wildman–Crippen MR) is 36.8 cm³/mol. The summed E-state index contributed by atoms with van der Waals surface area (Å²) in [6.45, 7) is 0. The Bertz CT molecular complexity index is 384. The van der Waals surface area contributed by atoms with Gasteiger partial charge in [0.05, 0.1) is 5.97 Å². The van der Waals surface area contributed by atoms with E-state index >= 15 is 0 Å². The van der Waals surface area contributed by atoms with Gasteiger partial charge in [-0.15, -0.1) is 0 Å². The average Bonchev–Trinajstić information content (AvgIpc) is 1.96. The molecule has 0 aromatic rings. The van der Waals surface area contributed by atoms with Crippen LogP contribution in [0.4, 0.5) is 4.20 Å². The van der Waals surface area contributed by atoms with Crippen LogP contribution in [0.5, 0.6) is 0 Å². The van der Waals surface area contributed by atoms with Gasteiger partial charge in [-0.1, -0.05) is 0 Å². The van der Waals surface area contributed by atoms with E-state index in [4.69, 9.17) is 0 Å². The number of rotatable bonds is 7. The summed E-state index contributed by atoms with van der Waals surface area (Å²) in [6.07, 6.45) is -3.47. The zero-order valence-corrected chi connectivity index (χ0v) is 20.8. The molecule has 9 nitrogen and oxygen atoms in total. The van der Waals surface area contributed by atoms with Crippen LogP contribution < -0.4 is 138 Å². The summed E-state index contributed by atoms with van der Waals surface area (Å²) in [5.74, 6) is -6.90. The van der Waals surface area contributed by atoms with Gasteiger partial charge in [-0.05, 0) is 0 Å². The third-order valence-corrected chi connectivity index (χ3v) is 2.08. The Morgan fingerprint density at radius 1 is 0.952 bits per heavy atom. The van der Waals surface area contributed by atoms with Gasteiger partial charge in [-0.2, -0.15) is 4.20 Å². The molecule has 0 aromatic carbocycles. The van der Waals surface area contributed by atoms with E-state index in [2.05, 4.69) is 4.52 Å². The van der Waals surface area contributed by atoms with Crippen molar-refractivity contribution in [2.75, 3.05) is 0 Å². The minimum Gasteiger partial charge on any atom is -0.753 e. The summed E-state index contributed by atoms with van der Waals surface area (Å²) in [7, 11) is -6.21. The molecule has 0 saturated heterocycles. The maximum Gasteiger partial charge on any atom is 1.00 e. The van der Waals surface area contributed by atoms with Crippen molar-refractivity contribution in [3.63, 3.8) is 0 Å². The van der Waals surface area contributed by atoms with Gasteiger partial charge >= 0.3 is 126 Å². The molecule has 0 spiro atoms. The number of halogens is 1. The standard InChI is InChI=1S/C6H8FO9P.4Na/c7-17(14,15)16-6(5(12)13,1-3(8)9)2-4(10)11;;;;/h1-2H2,(H,8,9)(H,10,11)(H,12,13)(H,14,15);;;;/q;4*+1/p-4. The number of hydrogen-bond acceptors (Lipinski definition) is 9. The number of hydrogen-bond donors (Lipinski definition) is 0. The summed E-state index contributed by atoms with van der Waals surface area (Å²) in [6, 6.07) is 0. The van der Waals surface area contributed by atoms with E-state index in [-0.39, 0.29) is 118 Å². The van der Waals surface area contributed by atoms with Crippen LogP contribution in [0, 0.1) is 0 Å². The summed E-state index contributed by atoms with van der Waals surface area (Å²) >= 11 is 0. The molecular weight excluding hydrogens is 358 g/mol. The van der Waals surface area contributed by atoms with Gasteiger partial charge in [0.15, 0.2) is 0 Å². The van der Waals surface area contributed by atoms with Crippen molar-refractivity contribution < 1.29 is 166 Å². The zero-order valence-electron chi connectivity index (χ0n) is 11.9. The van der Waals surface area contributed by atoms with Crippen molar-refractivity contribution in [3.8, 4) is 0 Å². The molecule has 0 aliphatic rings. The van der Waals surface area contributed by atoms with Crippen LogP contribution in [0.15, 0.2) is 0 Å². The molecule has 0 N–H and O–H groups in total. The second kappa shape index (κ2) is 14.8.